The Balaban J connectivity index is 1.90. The first kappa shape index (κ1) is 28.5. The fourth-order valence-electron chi connectivity index (χ4n) is 3.95. The topological polar surface area (TPSA) is 58.6 Å². The number of hydrogen-bond acceptors (Lipinski definition) is 3. The van der Waals surface area contributed by atoms with E-state index in [2.05, 4.69) is 19.2 Å². The predicted octanol–water partition coefficient (Wildman–Crippen LogP) is 6.66. The van der Waals surface area contributed by atoms with Gasteiger partial charge in [0.15, 0.2) is 6.61 Å². The number of carbonyl (C=O) groups excluding carboxylic acids is 2. The number of carbonyl (C=O) groups is 2. The molecule has 0 radical (unpaired) electrons. The van der Waals surface area contributed by atoms with E-state index in [9.17, 15) is 9.59 Å². The molecule has 0 saturated carbocycles. The van der Waals surface area contributed by atoms with Gasteiger partial charge in [-0.2, -0.15) is 0 Å². The van der Waals surface area contributed by atoms with Gasteiger partial charge in [-0.1, -0.05) is 85.6 Å². The summed E-state index contributed by atoms with van der Waals surface area (Å²) in [6.07, 6.45) is 0.357. The molecule has 0 aliphatic rings. The number of nitrogens with one attached hydrogen (secondary N) is 1. The number of halogens is 2. The van der Waals surface area contributed by atoms with E-state index in [1.165, 1.54) is 5.56 Å². The van der Waals surface area contributed by atoms with Crippen molar-refractivity contribution in [2.45, 2.75) is 58.7 Å². The molecule has 5 nitrogen and oxygen atoms in total. The van der Waals surface area contributed by atoms with Gasteiger partial charge in [-0.25, -0.2) is 0 Å². The van der Waals surface area contributed by atoms with Crippen LogP contribution in [0.5, 0.6) is 5.75 Å². The Bertz CT molecular complexity index is 1180. The van der Waals surface area contributed by atoms with Gasteiger partial charge in [0.05, 0.1) is 10.0 Å². The van der Waals surface area contributed by atoms with Crippen LogP contribution in [0.4, 0.5) is 0 Å². The molecule has 196 valence electrons. The quantitative estimate of drug-likeness (QED) is 0.295. The van der Waals surface area contributed by atoms with E-state index in [1.54, 1.807) is 23.1 Å². The number of benzene rings is 3. The van der Waals surface area contributed by atoms with Crippen molar-refractivity contribution in [2.75, 3.05) is 6.61 Å². The minimum absolute atomic E-state index is 0.0802. The van der Waals surface area contributed by atoms with Crippen LogP contribution in [-0.4, -0.2) is 35.4 Å². The van der Waals surface area contributed by atoms with Gasteiger partial charge in [-0.15, -0.1) is 0 Å². The molecule has 0 saturated heterocycles. The summed E-state index contributed by atoms with van der Waals surface area (Å²) in [5, 5.41) is 3.79. The zero-order valence-corrected chi connectivity index (χ0v) is 23.2. The Hall–Kier alpha value is -3.02. The van der Waals surface area contributed by atoms with Crippen LogP contribution in [0, 0.1) is 0 Å². The summed E-state index contributed by atoms with van der Waals surface area (Å²) in [4.78, 5) is 28.6. The zero-order chi connectivity index (χ0) is 26.9. The van der Waals surface area contributed by atoms with Gasteiger partial charge in [-0.3, -0.25) is 9.59 Å². The fourth-order valence-corrected chi connectivity index (χ4v) is 4.27. The van der Waals surface area contributed by atoms with Crippen molar-refractivity contribution in [1.29, 1.82) is 0 Å². The smallest absolute Gasteiger partial charge is 0.261 e. The van der Waals surface area contributed by atoms with Crippen LogP contribution in [0.2, 0.25) is 10.0 Å². The molecule has 0 heterocycles. The van der Waals surface area contributed by atoms with Crippen molar-refractivity contribution in [1.82, 2.24) is 10.2 Å². The summed E-state index contributed by atoms with van der Waals surface area (Å²) in [5.74, 6) is 0.460. The van der Waals surface area contributed by atoms with Crippen molar-refractivity contribution in [3.05, 3.63) is 99.5 Å². The number of amides is 2. The molecule has 1 atom stereocenters. The second kappa shape index (κ2) is 13.5. The minimum Gasteiger partial charge on any atom is -0.484 e. The first-order chi connectivity index (χ1) is 17.6. The fraction of sp³-hybridized carbons (Fsp3) is 0.333. The third kappa shape index (κ3) is 8.51. The maximum Gasteiger partial charge on any atom is 0.261 e. The lowest BCUT2D eigenvalue weighted by atomic mass is 10.0. The van der Waals surface area contributed by atoms with E-state index in [1.807, 2.05) is 68.4 Å². The Labute approximate surface area is 229 Å². The molecular formula is C30H34Cl2N2O3. The maximum absolute atomic E-state index is 13.6. The van der Waals surface area contributed by atoms with Crippen LogP contribution < -0.4 is 10.1 Å². The second-order valence-corrected chi connectivity index (χ2v) is 10.5. The van der Waals surface area contributed by atoms with Gasteiger partial charge >= 0.3 is 0 Å². The van der Waals surface area contributed by atoms with Gasteiger partial charge in [0.25, 0.3) is 5.91 Å². The number of nitrogens with zero attached hydrogens (tertiary/aromatic N) is 1. The molecule has 7 heteroatoms. The lowest BCUT2D eigenvalue weighted by molar-refractivity contribution is -0.143. The van der Waals surface area contributed by atoms with E-state index in [4.69, 9.17) is 27.9 Å². The molecule has 0 aromatic heterocycles. The monoisotopic (exact) mass is 540 g/mol. The Morgan fingerprint density at radius 1 is 0.865 bits per heavy atom. The van der Waals surface area contributed by atoms with Gasteiger partial charge in [0.1, 0.15) is 11.8 Å². The Morgan fingerprint density at radius 3 is 2.14 bits per heavy atom. The van der Waals surface area contributed by atoms with Gasteiger partial charge < -0.3 is 15.0 Å². The van der Waals surface area contributed by atoms with Crippen molar-refractivity contribution in [2.24, 2.45) is 0 Å². The van der Waals surface area contributed by atoms with E-state index in [0.29, 0.717) is 28.1 Å². The summed E-state index contributed by atoms with van der Waals surface area (Å²) < 4.78 is 5.86. The first-order valence-electron chi connectivity index (χ1n) is 12.4. The zero-order valence-electron chi connectivity index (χ0n) is 21.7. The highest BCUT2D eigenvalue weighted by atomic mass is 35.5. The first-order valence-corrected chi connectivity index (χ1v) is 13.2. The summed E-state index contributed by atoms with van der Waals surface area (Å²) in [6, 6.07) is 21.7. The van der Waals surface area contributed by atoms with Crippen LogP contribution in [0.3, 0.4) is 0 Å². The largest absolute Gasteiger partial charge is 0.484 e. The number of hydrogen-bond donors (Lipinski definition) is 1. The third-order valence-electron chi connectivity index (χ3n) is 5.95. The molecule has 1 N–H and O–H groups in total. The lowest BCUT2D eigenvalue weighted by Crippen LogP contribution is -2.52. The molecule has 2 amide bonds. The summed E-state index contributed by atoms with van der Waals surface area (Å²) in [5.41, 5.74) is 2.90. The van der Waals surface area contributed by atoms with E-state index in [-0.39, 0.29) is 31.0 Å². The standard InChI is InChI=1S/C30H34Cl2N2O3/c1-20(2)24-11-13-25(14-12-24)37-19-29(35)34(18-23-10-15-26(31)27(32)16-23)28(30(36)33-21(3)4)17-22-8-6-5-7-9-22/h5-16,20-21,28H,17-19H2,1-4H3,(H,33,36)/t28-/m0/s1. The summed E-state index contributed by atoms with van der Waals surface area (Å²) in [6.45, 7) is 8.00. The normalized spacial score (nSPS) is 11.9. The Kier molecular flexibility index (Phi) is 10.4. The molecule has 3 aromatic carbocycles. The highest BCUT2D eigenvalue weighted by molar-refractivity contribution is 6.42. The Morgan fingerprint density at radius 2 is 1.54 bits per heavy atom. The molecule has 0 aliphatic heterocycles. The van der Waals surface area contributed by atoms with E-state index >= 15 is 0 Å². The molecule has 37 heavy (non-hydrogen) atoms. The number of rotatable bonds is 11. The SMILES string of the molecule is CC(C)NC(=O)[C@H](Cc1ccccc1)N(Cc1ccc(Cl)c(Cl)c1)C(=O)COc1ccc(C(C)C)cc1. The molecule has 0 fully saturated rings. The van der Waals surface area contributed by atoms with Gasteiger partial charge in [0.2, 0.25) is 5.91 Å². The highest BCUT2D eigenvalue weighted by Crippen LogP contribution is 2.25. The van der Waals surface area contributed by atoms with Crippen LogP contribution in [-0.2, 0) is 22.6 Å². The molecule has 0 unspecified atom stereocenters. The molecule has 0 aliphatic carbocycles. The summed E-state index contributed by atoms with van der Waals surface area (Å²) in [7, 11) is 0. The van der Waals surface area contributed by atoms with E-state index < -0.39 is 6.04 Å². The van der Waals surface area contributed by atoms with Crippen molar-refractivity contribution >= 4 is 35.0 Å². The van der Waals surface area contributed by atoms with Crippen LogP contribution in [0.15, 0.2) is 72.8 Å². The highest BCUT2D eigenvalue weighted by Gasteiger charge is 2.31. The minimum atomic E-state index is -0.751. The van der Waals surface area contributed by atoms with Crippen molar-refractivity contribution < 1.29 is 14.3 Å². The maximum atomic E-state index is 13.6. The second-order valence-electron chi connectivity index (χ2n) is 9.65. The summed E-state index contributed by atoms with van der Waals surface area (Å²) >= 11 is 12.4. The predicted molar refractivity (Wildman–Crippen MR) is 150 cm³/mol. The van der Waals surface area contributed by atoms with E-state index in [0.717, 1.165) is 11.1 Å². The van der Waals surface area contributed by atoms with Gasteiger partial charge in [0, 0.05) is 19.0 Å². The third-order valence-corrected chi connectivity index (χ3v) is 6.69. The van der Waals surface area contributed by atoms with Crippen molar-refractivity contribution in [3.63, 3.8) is 0 Å². The van der Waals surface area contributed by atoms with Gasteiger partial charge in [-0.05, 0) is 60.7 Å². The molecular weight excluding hydrogens is 507 g/mol. The molecule has 0 spiro atoms. The lowest BCUT2D eigenvalue weighted by Gasteiger charge is -2.32. The molecule has 3 aromatic rings. The average Bonchev–Trinajstić information content (AvgIpc) is 2.87. The number of ether oxygens (including phenoxy) is 1. The average molecular weight is 542 g/mol. The van der Waals surface area contributed by atoms with Crippen molar-refractivity contribution in [3.8, 4) is 5.75 Å². The van der Waals surface area contributed by atoms with Crippen LogP contribution in [0.25, 0.3) is 0 Å². The van der Waals surface area contributed by atoms with Crippen LogP contribution >= 0.6 is 23.2 Å². The van der Waals surface area contributed by atoms with Crippen LogP contribution in [0.1, 0.15) is 50.3 Å². The molecule has 3 rings (SSSR count). The molecule has 0 bridgehead atoms.